The van der Waals surface area contributed by atoms with E-state index in [0.717, 1.165) is 25.0 Å². The van der Waals surface area contributed by atoms with E-state index in [1.165, 1.54) is 16.7 Å². The van der Waals surface area contributed by atoms with E-state index in [4.69, 9.17) is 9.47 Å². The van der Waals surface area contributed by atoms with E-state index in [2.05, 4.69) is 18.2 Å². The number of methoxy groups -OCH3 is 1. The highest BCUT2D eigenvalue weighted by atomic mass is 16.6. The van der Waals surface area contributed by atoms with Gasteiger partial charge in [-0.15, -0.1) is 0 Å². The first-order chi connectivity index (χ1) is 12.8. The van der Waals surface area contributed by atoms with E-state index in [1.54, 1.807) is 7.11 Å². The number of rotatable bonds is 2. The van der Waals surface area contributed by atoms with Gasteiger partial charge < -0.3 is 9.47 Å². The minimum absolute atomic E-state index is 0.0510. The topological polar surface area (TPSA) is 52.6 Å². The number of ketones is 1. The van der Waals surface area contributed by atoms with Crippen LogP contribution in [0.3, 0.4) is 0 Å². The summed E-state index contributed by atoms with van der Waals surface area (Å²) in [6, 6.07) is 6.24. The van der Waals surface area contributed by atoms with Gasteiger partial charge in [-0.2, -0.15) is 0 Å². The Hall–Kier alpha value is -2.10. The summed E-state index contributed by atoms with van der Waals surface area (Å²) in [7, 11) is 1.69. The molecule has 1 fully saturated rings. The van der Waals surface area contributed by atoms with Crippen LogP contribution in [0.15, 0.2) is 24.3 Å². The third-order valence-corrected chi connectivity index (χ3v) is 6.45. The molecular weight excluding hydrogens is 340 g/mol. The molecule has 0 bridgehead atoms. The zero-order chi connectivity index (χ0) is 19.4. The lowest BCUT2D eigenvalue weighted by Crippen LogP contribution is -2.49. The summed E-state index contributed by atoms with van der Waals surface area (Å²) in [5.41, 5.74) is 2.29. The second-order valence-corrected chi connectivity index (χ2v) is 9.07. The second-order valence-electron chi connectivity index (χ2n) is 9.07. The van der Waals surface area contributed by atoms with Crippen LogP contribution in [0.2, 0.25) is 0 Å². The Kier molecular flexibility index (Phi) is 4.21. The molecule has 4 heteroatoms. The first kappa shape index (κ1) is 18.3. The highest BCUT2D eigenvalue weighted by Crippen LogP contribution is 2.58. The van der Waals surface area contributed by atoms with Crippen molar-refractivity contribution in [2.45, 2.75) is 58.5 Å². The van der Waals surface area contributed by atoms with Crippen molar-refractivity contribution in [1.29, 1.82) is 0 Å². The number of benzene rings is 1. The van der Waals surface area contributed by atoms with Gasteiger partial charge in [-0.05, 0) is 87.1 Å². The fourth-order valence-electron chi connectivity index (χ4n) is 5.29. The van der Waals surface area contributed by atoms with Crippen LogP contribution in [0, 0.1) is 17.3 Å². The van der Waals surface area contributed by atoms with Crippen molar-refractivity contribution in [1.82, 2.24) is 0 Å². The molecule has 3 atom stereocenters. The molecule has 1 aromatic carbocycles. The molecule has 0 aromatic heterocycles. The maximum absolute atomic E-state index is 13.1. The predicted octanol–water partition coefficient (Wildman–Crippen LogP) is 4.35. The number of carbonyl (C=O) groups excluding carboxylic acids is 2. The van der Waals surface area contributed by atoms with E-state index >= 15 is 0 Å². The van der Waals surface area contributed by atoms with Gasteiger partial charge in [0.15, 0.2) is 5.78 Å². The lowest BCUT2D eigenvalue weighted by Gasteiger charge is -2.44. The van der Waals surface area contributed by atoms with Crippen molar-refractivity contribution < 1.29 is 19.1 Å². The molecule has 144 valence electrons. The van der Waals surface area contributed by atoms with Crippen molar-refractivity contribution in [2.24, 2.45) is 17.3 Å². The fraction of sp³-hybridized carbons (Fsp3) is 0.565. The van der Waals surface area contributed by atoms with Crippen molar-refractivity contribution in [3.05, 3.63) is 35.4 Å². The molecule has 3 aliphatic carbocycles. The maximum atomic E-state index is 13.1. The predicted molar refractivity (Wildman–Crippen MR) is 103 cm³/mol. The number of ether oxygens (including phenoxy) is 2. The Morgan fingerprint density at radius 3 is 2.67 bits per heavy atom. The van der Waals surface area contributed by atoms with Crippen LogP contribution in [-0.4, -0.2) is 24.5 Å². The van der Waals surface area contributed by atoms with Crippen LogP contribution >= 0.6 is 0 Å². The van der Waals surface area contributed by atoms with E-state index < -0.39 is 11.0 Å². The van der Waals surface area contributed by atoms with Crippen LogP contribution in [0.1, 0.15) is 57.6 Å². The zero-order valence-electron chi connectivity index (χ0n) is 16.6. The highest BCUT2D eigenvalue weighted by molar-refractivity contribution is 6.07. The van der Waals surface area contributed by atoms with Crippen molar-refractivity contribution in [3.8, 4) is 5.75 Å². The Balaban J connectivity index is 1.74. The zero-order valence-corrected chi connectivity index (χ0v) is 16.6. The largest absolute Gasteiger partial charge is 0.497 e. The number of hydrogen-bond donors (Lipinski definition) is 0. The summed E-state index contributed by atoms with van der Waals surface area (Å²) in [4.78, 5) is 26.1. The molecule has 0 saturated heterocycles. The van der Waals surface area contributed by atoms with Crippen LogP contribution in [0.25, 0.3) is 5.57 Å². The number of Topliss-reactive ketones (excluding diaryl/α,β-unsaturated/α-hetero) is 1. The Labute approximate surface area is 160 Å². The molecule has 4 rings (SSSR count). The molecule has 0 unspecified atom stereocenters. The lowest BCUT2D eigenvalue weighted by molar-refractivity contribution is -0.173. The molecule has 0 aliphatic heterocycles. The minimum Gasteiger partial charge on any atom is -0.497 e. The fourth-order valence-corrected chi connectivity index (χ4v) is 5.29. The summed E-state index contributed by atoms with van der Waals surface area (Å²) in [6.45, 7) is 5.60. The standard InChI is InChI=1S/C23H28O4/c1-22(2,3)27-21(25)23-12-11-17-16-8-6-15(26-4)13-14(16)5-7-18(17)19(23)9-10-20(23)24/h6,8,11,13,18-19H,5,7,9-10,12H2,1-4H3/t18-,19-,23-/m0/s1. The second kappa shape index (κ2) is 6.22. The van der Waals surface area contributed by atoms with E-state index in [9.17, 15) is 9.59 Å². The van der Waals surface area contributed by atoms with E-state index in [1.807, 2.05) is 26.8 Å². The number of hydrogen-bond acceptors (Lipinski definition) is 4. The number of fused-ring (bicyclic) bond motifs is 5. The lowest BCUT2D eigenvalue weighted by atomic mass is 9.59. The van der Waals surface area contributed by atoms with Crippen LogP contribution < -0.4 is 4.74 Å². The van der Waals surface area contributed by atoms with E-state index in [0.29, 0.717) is 12.8 Å². The van der Waals surface area contributed by atoms with Gasteiger partial charge in [-0.25, -0.2) is 0 Å². The third kappa shape index (κ3) is 2.81. The minimum atomic E-state index is -0.981. The van der Waals surface area contributed by atoms with Gasteiger partial charge in [0.2, 0.25) is 0 Å². The first-order valence-corrected chi connectivity index (χ1v) is 9.90. The average Bonchev–Trinajstić information content (AvgIpc) is 2.97. The molecule has 1 saturated carbocycles. The number of esters is 1. The van der Waals surface area contributed by atoms with Crippen molar-refractivity contribution in [3.63, 3.8) is 0 Å². The van der Waals surface area contributed by atoms with Gasteiger partial charge in [-0.1, -0.05) is 12.1 Å². The van der Waals surface area contributed by atoms with Crippen LogP contribution in [-0.2, 0) is 20.7 Å². The smallest absolute Gasteiger partial charge is 0.320 e. The Morgan fingerprint density at radius 2 is 1.96 bits per heavy atom. The molecule has 0 heterocycles. The van der Waals surface area contributed by atoms with Gasteiger partial charge >= 0.3 is 5.97 Å². The number of aryl methyl sites for hydroxylation is 1. The maximum Gasteiger partial charge on any atom is 0.320 e. The number of carbonyl (C=O) groups is 2. The normalized spacial score (nSPS) is 29.3. The van der Waals surface area contributed by atoms with Gasteiger partial charge in [-0.3, -0.25) is 9.59 Å². The first-order valence-electron chi connectivity index (χ1n) is 9.90. The third-order valence-electron chi connectivity index (χ3n) is 6.45. The molecule has 0 amide bonds. The van der Waals surface area contributed by atoms with Crippen molar-refractivity contribution in [2.75, 3.05) is 7.11 Å². The Morgan fingerprint density at radius 1 is 1.19 bits per heavy atom. The highest BCUT2D eigenvalue weighted by Gasteiger charge is 2.61. The molecule has 0 N–H and O–H groups in total. The average molecular weight is 368 g/mol. The molecule has 0 spiro atoms. The summed E-state index contributed by atoms with van der Waals surface area (Å²) in [5, 5.41) is 0. The molecule has 3 aliphatic rings. The molecular formula is C23H28O4. The number of allylic oxidation sites excluding steroid dienone is 2. The quantitative estimate of drug-likeness (QED) is 0.575. The van der Waals surface area contributed by atoms with E-state index in [-0.39, 0.29) is 23.6 Å². The van der Waals surface area contributed by atoms with Gasteiger partial charge in [0, 0.05) is 6.42 Å². The summed E-state index contributed by atoms with van der Waals surface area (Å²) in [6.07, 6.45) is 5.78. The molecule has 27 heavy (non-hydrogen) atoms. The SMILES string of the molecule is COc1ccc2c(c1)CC[C@H]1C2=CC[C@@]2(C(=O)OC(C)(C)C)C(=O)CC[C@@H]12. The summed E-state index contributed by atoms with van der Waals surface area (Å²) < 4.78 is 11.1. The van der Waals surface area contributed by atoms with Crippen molar-refractivity contribution >= 4 is 17.3 Å². The Bertz CT molecular complexity index is 829. The van der Waals surface area contributed by atoms with Crippen LogP contribution in [0.4, 0.5) is 0 Å². The monoisotopic (exact) mass is 368 g/mol. The molecule has 0 radical (unpaired) electrons. The summed E-state index contributed by atoms with van der Waals surface area (Å²) >= 11 is 0. The molecule has 1 aromatic rings. The van der Waals surface area contributed by atoms with Gasteiger partial charge in [0.1, 0.15) is 16.8 Å². The van der Waals surface area contributed by atoms with Gasteiger partial charge in [0.05, 0.1) is 7.11 Å². The van der Waals surface area contributed by atoms with Gasteiger partial charge in [0.25, 0.3) is 0 Å². The van der Waals surface area contributed by atoms with Crippen LogP contribution in [0.5, 0.6) is 5.75 Å². The summed E-state index contributed by atoms with van der Waals surface area (Å²) in [5.74, 6) is 0.923. The molecule has 4 nitrogen and oxygen atoms in total.